The molecule has 0 aliphatic rings. The summed E-state index contributed by atoms with van der Waals surface area (Å²) < 4.78 is 16.5. The van der Waals surface area contributed by atoms with Crippen LogP contribution < -0.4 is 14.2 Å². The molecule has 0 saturated heterocycles. The van der Waals surface area contributed by atoms with Crippen LogP contribution in [0.4, 0.5) is 0 Å². The van der Waals surface area contributed by atoms with Crippen molar-refractivity contribution in [1.82, 2.24) is 4.98 Å². The van der Waals surface area contributed by atoms with E-state index < -0.39 is 6.10 Å². The molecule has 0 radical (unpaired) electrons. The number of methoxy groups -OCH3 is 3. The highest BCUT2D eigenvalue weighted by Crippen LogP contribution is 2.41. The lowest BCUT2D eigenvalue weighted by atomic mass is 10.1. The van der Waals surface area contributed by atoms with E-state index in [1.165, 1.54) is 32.7 Å². The number of aromatic nitrogens is 1. The van der Waals surface area contributed by atoms with E-state index in [1.807, 2.05) is 5.38 Å². The first-order valence-corrected chi connectivity index (χ1v) is 7.36. The zero-order valence-corrected chi connectivity index (χ0v) is 13.6. The van der Waals surface area contributed by atoms with Crippen LogP contribution in [0.2, 0.25) is 0 Å². The van der Waals surface area contributed by atoms with Gasteiger partial charge in [0.2, 0.25) is 5.75 Å². The molecule has 0 bridgehead atoms. The molecule has 7 heteroatoms. The Hall–Kier alpha value is -1.31. The van der Waals surface area contributed by atoms with Crippen LogP contribution in [0.1, 0.15) is 16.7 Å². The Morgan fingerprint density at radius 2 is 1.75 bits per heavy atom. The number of benzene rings is 1. The maximum atomic E-state index is 10.4. The van der Waals surface area contributed by atoms with E-state index in [0.29, 0.717) is 32.4 Å². The SMILES string of the molecule is COc1cc(C(O)c2nc(Br)cs2)cc(OC)c1OC. The molecule has 20 heavy (non-hydrogen) atoms. The van der Waals surface area contributed by atoms with Crippen molar-refractivity contribution in [3.63, 3.8) is 0 Å². The van der Waals surface area contributed by atoms with Gasteiger partial charge < -0.3 is 19.3 Å². The third kappa shape index (κ3) is 2.89. The van der Waals surface area contributed by atoms with Crippen molar-refractivity contribution < 1.29 is 19.3 Å². The zero-order valence-electron chi connectivity index (χ0n) is 11.2. The van der Waals surface area contributed by atoms with Gasteiger partial charge in [0, 0.05) is 5.38 Å². The Balaban J connectivity index is 2.46. The standard InChI is InChI=1S/C13H14BrNO4S/c1-17-8-4-7(5-9(18-2)12(8)19-3)11(16)13-15-10(14)6-20-13/h4-6,11,16H,1-3H3. The van der Waals surface area contributed by atoms with Gasteiger partial charge in [-0.05, 0) is 33.6 Å². The molecule has 2 aromatic rings. The first-order valence-electron chi connectivity index (χ1n) is 5.69. The van der Waals surface area contributed by atoms with Gasteiger partial charge in [0.05, 0.1) is 21.3 Å². The molecule has 0 saturated carbocycles. The molecule has 0 amide bonds. The Kier molecular flexibility index (Phi) is 4.85. The number of thiazole rings is 1. The minimum atomic E-state index is -0.847. The van der Waals surface area contributed by atoms with Gasteiger partial charge in [0.15, 0.2) is 11.5 Å². The fraction of sp³-hybridized carbons (Fsp3) is 0.308. The predicted molar refractivity (Wildman–Crippen MR) is 80.0 cm³/mol. The fourth-order valence-electron chi connectivity index (χ4n) is 1.79. The maximum absolute atomic E-state index is 10.4. The topological polar surface area (TPSA) is 60.8 Å². The highest BCUT2D eigenvalue weighted by molar-refractivity contribution is 9.10. The van der Waals surface area contributed by atoms with Crippen molar-refractivity contribution in [2.24, 2.45) is 0 Å². The van der Waals surface area contributed by atoms with Crippen molar-refractivity contribution in [3.8, 4) is 17.2 Å². The summed E-state index contributed by atoms with van der Waals surface area (Å²) >= 11 is 4.64. The predicted octanol–water partition coefficient (Wildman–Crippen LogP) is 3.01. The van der Waals surface area contributed by atoms with E-state index in [1.54, 1.807) is 12.1 Å². The molecule has 1 heterocycles. The first kappa shape index (κ1) is 15.1. The van der Waals surface area contributed by atoms with Crippen molar-refractivity contribution >= 4 is 27.3 Å². The van der Waals surface area contributed by atoms with Gasteiger partial charge in [-0.1, -0.05) is 0 Å². The molecular formula is C13H14BrNO4S. The lowest BCUT2D eigenvalue weighted by Crippen LogP contribution is -2.02. The maximum Gasteiger partial charge on any atom is 0.203 e. The summed E-state index contributed by atoms with van der Waals surface area (Å²) in [7, 11) is 4.61. The highest BCUT2D eigenvalue weighted by atomic mass is 79.9. The molecule has 1 aromatic carbocycles. The second-order valence-electron chi connectivity index (χ2n) is 3.87. The highest BCUT2D eigenvalue weighted by Gasteiger charge is 2.20. The van der Waals surface area contributed by atoms with E-state index in [-0.39, 0.29) is 0 Å². The summed E-state index contributed by atoms with van der Waals surface area (Å²) in [6.07, 6.45) is -0.847. The lowest BCUT2D eigenvalue weighted by Gasteiger charge is -2.16. The largest absolute Gasteiger partial charge is 0.493 e. The van der Waals surface area contributed by atoms with Gasteiger partial charge in [-0.2, -0.15) is 0 Å². The number of hydrogen-bond acceptors (Lipinski definition) is 6. The molecule has 0 fully saturated rings. The molecule has 5 nitrogen and oxygen atoms in total. The number of aliphatic hydroxyl groups is 1. The summed E-state index contributed by atoms with van der Waals surface area (Å²) in [5.74, 6) is 1.49. The minimum Gasteiger partial charge on any atom is -0.493 e. The quantitative estimate of drug-likeness (QED) is 0.888. The van der Waals surface area contributed by atoms with E-state index in [2.05, 4.69) is 20.9 Å². The Labute approximate surface area is 129 Å². The Bertz CT molecular complexity index is 577. The van der Waals surface area contributed by atoms with Gasteiger partial charge in [-0.15, -0.1) is 11.3 Å². The van der Waals surface area contributed by atoms with Crippen LogP contribution in [0.25, 0.3) is 0 Å². The summed E-state index contributed by atoms with van der Waals surface area (Å²) in [6.45, 7) is 0. The number of halogens is 1. The van der Waals surface area contributed by atoms with Gasteiger partial charge in [-0.25, -0.2) is 4.98 Å². The molecule has 0 aliphatic heterocycles. The summed E-state index contributed by atoms with van der Waals surface area (Å²) in [4.78, 5) is 4.21. The van der Waals surface area contributed by atoms with Crippen molar-refractivity contribution in [3.05, 3.63) is 32.7 Å². The molecule has 0 aliphatic carbocycles. The molecule has 2 rings (SSSR count). The average Bonchev–Trinajstić information content (AvgIpc) is 2.91. The number of hydrogen-bond donors (Lipinski definition) is 1. The third-order valence-corrected chi connectivity index (χ3v) is 4.34. The van der Waals surface area contributed by atoms with Crippen LogP contribution in [0, 0.1) is 0 Å². The molecule has 1 aromatic heterocycles. The normalized spacial score (nSPS) is 12.1. The molecule has 108 valence electrons. The first-order chi connectivity index (χ1) is 9.60. The second-order valence-corrected chi connectivity index (χ2v) is 5.57. The smallest absolute Gasteiger partial charge is 0.203 e. The molecule has 0 spiro atoms. The van der Waals surface area contributed by atoms with Crippen molar-refractivity contribution in [2.45, 2.75) is 6.10 Å². The van der Waals surface area contributed by atoms with Crippen molar-refractivity contribution in [1.29, 1.82) is 0 Å². The zero-order chi connectivity index (χ0) is 14.7. The van der Waals surface area contributed by atoms with Gasteiger partial charge in [-0.3, -0.25) is 0 Å². The van der Waals surface area contributed by atoms with Crippen LogP contribution in [-0.2, 0) is 0 Å². The number of nitrogens with zero attached hydrogens (tertiary/aromatic N) is 1. The second kappa shape index (κ2) is 6.43. The van der Waals surface area contributed by atoms with Gasteiger partial charge in [0.1, 0.15) is 15.7 Å². The summed E-state index contributed by atoms with van der Waals surface area (Å²) in [5, 5.41) is 12.8. The lowest BCUT2D eigenvalue weighted by molar-refractivity contribution is 0.218. The minimum absolute atomic E-state index is 0.492. The van der Waals surface area contributed by atoms with Crippen LogP contribution in [-0.4, -0.2) is 31.4 Å². The van der Waals surface area contributed by atoms with Gasteiger partial charge >= 0.3 is 0 Å². The van der Waals surface area contributed by atoms with E-state index in [4.69, 9.17) is 14.2 Å². The third-order valence-electron chi connectivity index (χ3n) is 2.73. The Morgan fingerprint density at radius 1 is 1.15 bits per heavy atom. The van der Waals surface area contributed by atoms with Crippen LogP contribution in [0.3, 0.4) is 0 Å². The number of rotatable bonds is 5. The fourth-order valence-corrected chi connectivity index (χ4v) is 3.07. The van der Waals surface area contributed by atoms with Crippen LogP contribution >= 0.6 is 27.3 Å². The number of ether oxygens (including phenoxy) is 3. The molecular weight excluding hydrogens is 346 g/mol. The van der Waals surface area contributed by atoms with Crippen LogP contribution in [0.15, 0.2) is 22.1 Å². The summed E-state index contributed by atoms with van der Waals surface area (Å²) in [6, 6.07) is 3.42. The molecule has 1 unspecified atom stereocenters. The monoisotopic (exact) mass is 359 g/mol. The Morgan fingerprint density at radius 3 is 2.15 bits per heavy atom. The van der Waals surface area contributed by atoms with E-state index in [0.717, 1.165) is 0 Å². The van der Waals surface area contributed by atoms with Crippen LogP contribution in [0.5, 0.6) is 17.2 Å². The molecule has 1 atom stereocenters. The average molecular weight is 360 g/mol. The molecule has 1 N–H and O–H groups in total. The summed E-state index contributed by atoms with van der Waals surface area (Å²) in [5.41, 5.74) is 0.626. The van der Waals surface area contributed by atoms with E-state index in [9.17, 15) is 5.11 Å². The van der Waals surface area contributed by atoms with Gasteiger partial charge in [0.25, 0.3) is 0 Å². The number of aliphatic hydroxyl groups excluding tert-OH is 1. The van der Waals surface area contributed by atoms with E-state index >= 15 is 0 Å². The van der Waals surface area contributed by atoms with Crippen molar-refractivity contribution in [2.75, 3.05) is 21.3 Å².